The number of likely N-dealkylation sites (tertiary alicyclic amines) is 1. The average Bonchev–Trinajstić information content (AvgIpc) is 3.10. The number of phenolic OH excluding ortho intramolecular Hbond substituents is 1. The Balaban J connectivity index is 1.32. The Kier molecular flexibility index (Phi) is 4.69. The molecule has 1 aromatic carbocycles. The normalized spacial score (nSPS) is 29.6. The van der Waals surface area contributed by atoms with E-state index in [1.807, 2.05) is 18.2 Å². The van der Waals surface area contributed by atoms with Crippen molar-refractivity contribution in [2.75, 3.05) is 19.6 Å². The van der Waals surface area contributed by atoms with E-state index < -0.39 is 11.7 Å². The van der Waals surface area contributed by atoms with Crippen LogP contribution in [0.15, 0.2) is 48.7 Å². The number of pyridine rings is 1. The summed E-state index contributed by atoms with van der Waals surface area (Å²) < 4.78 is 0. The Morgan fingerprint density at radius 1 is 1.08 bits per heavy atom. The largest absolute Gasteiger partial charge is 0.508 e. The zero-order chi connectivity index (χ0) is 18.1. The maximum absolute atomic E-state index is 11.0. The van der Waals surface area contributed by atoms with Gasteiger partial charge in [-0.25, -0.2) is 0 Å². The van der Waals surface area contributed by atoms with Gasteiger partial charge in [0.15, 0.2) is 0 Å². The summed E-state index contributed by atoms with van der Waals surface area (Å²) in [5.74, 6) is 1.18. The predicted molar refractivity (Wildman–Crippen MR) is 98.6 cm³/mol. The van der Waals surface area contributed by atoms with Gasteiger partial charge in [0.25, 0.3) is 0 Å². The molecule has 138 valence electrons. The zero-order valence-electron chi connectivity index (χ0n) is 14.8. The molecular formula is C21H26N2O3. The summed E-state index contributed by atoms with van der Waals surface area (Å²) in [7, 11) is 0. The molecule has 0 bridgehead atoms. The highest BCUT2D eigenvalue weighted by Crippen LogP contribution is 2.45. The molecule has 1 aromatic heterocycles. The van der Waals surface area contributed by atoms with Crippen LogP contribution in [0.2, 0.25) is 0 Å². The Hall–Kier alpha value is -1.95. The van der Waals surface area contributed by atoms with Crippen LogP contribution < -0.4 is 0 Å². The number of aliphatic hydroxyl groups excluding tert-OH is 1. The van der Waals surface area contributed by atoms with Gasteiger partial charge in [-0.05, 0) is 54.5 Å². The van der Waals surface area contributed by atoms with Crippen LogP contribution in [0, 0.1) is 11.8 Å². The molecule has 4 atom stereocenters. The number of nitrogens with zero attached hydrogens (tertiary/aromatic N) is 2. The second-order valence-corrected chi connectivity index (χ2v) is 7.98. The molecule has 26 heavy (non-hydrogen) atoms. The minimum Gasteiger partial charge on any atom is -0.508 e. The topological polar surface area (TPSA) is 76.8 Å². The average molecular weight is 354 g/mol. The van der Waals surface area contributed by atoms with E-state index in [-0.39, 0.29) is 5.75 Å². The number of hydrogen-bond acceptors (Lipinski definition) is 5. The summed E-state index contributed by atoms with van der Waals surface area (Å²) in [6, 6.07) is 12.6. The highest BCUT2D eigenvalue weighted by atomic mass is 16.3. The molecule has 1 aliphatic carbocycles. The smallest absolute Gasteiger partial charge is 0.115 e. The lowest BCUT2D eigenvalue weighted by Gasteiger charge is -2.26. The molecule has 0 amide bonds. The fourth-order valence-corrected chi connectivity index (χ4v) is 4.74. The monoisotopic (exact) mass is 354 g/mol. The molecule has 0 radical (unpaired) electrons. The van der Waals surface area contributed by atoms with Crippen LogP contribution in [0.1, 0.15) is 30.2 Å². The first kappa shape index (κ1) is 17.5. The molecule has 5 nitrogen and oxygen atoms in total. The number of aliphatic hydroxyl groups is 2. The van der Waals surface area contributed by atoms with Crippen molar-refractivity contribution in [3.8, 4) is 5.75 Å². The van der Waals surface area contributed by atoms with Gasteiger partial charge in [0.05, 0.1) is 11.7 Å². The number of aromatic nitrogens is 1. The molecule has 1 saturated carbocycles. The fourth-order valence-electron chi connectivity index (χ4n) is 4.74. The van der Waals surface area contributed by atoms with E-state index in [4.69, 9.17) is 0 Å². The molecule has 2 fully saturated rings. The van der Waals surface area contributed by atoms with Gasteiger partial charge in [-0.3, -0.25) is 9.88 Å². The highest BCUT2D eigenvalue weighted by Gasteiger charge is 2.48. The molecule has 0 spiro atoms. The van der Waals surface area contributed by atoms with Crippen LogP contribution in [0.5, 0.6) is 5.75 Å². The summed E-state index contributed by atoms with van der Waals surface area (Å²) in [6.45, 7) is 2.44. The Morgan fingerprint density at radius 2 is 1.77 bits per heavy atom. The minimum absolute atomic E-state index is 0.212. The van der Waals surface area contributed by atoms with Crippen LogP contribution in [0.25, 0.3) is 0 Å². The third-order valence-electron chi connectivity index (χ3n) is 5.88. The zero-order valence-corrected chi connectivity index (χ0v) is 14.8. The maximum atomic E-state index is 11.0. The number of fused-ring (bicyclic) bond motifs is 1. The Morgan fingerprint density at radius 3 is 2.38 bits per heavy atom. The predicted octanol–water partition coefficient (Wildman–Crippen LogP) is 2.14. The van der Waals surface area contributed by atoms with Crippen molar-refractivity contribution in [3.63, 3.8) is 0 Å². The second kappa shape index (κ2) is 6.99. The summed E-state index contributed by atoms with van der Waals surface area (Å²) in [4.78, 5) is 6.65. The summed E-state index contributed by atoms with van der Waals surface area (Å²) in [6.07, 6.45) is 3.46. The van der Waals surface area contributed by atoms with E-state index >= 15 is 0 Å². The molecule has 1 unspecified atom stereocenters. The van der Waals surface area contributed by atoms with Gasteiger partial charge >= 0.3 is 0 Å². The van der Waals surface area contributed by atoms with E-state index in [2.05, 4.69) is 9.88 Å². The van der Waals surface area contributed by atoms with Gasteiger partial charge in [-0.1, -0.05) is 18.2 Å². The lowest BCUT2D eigenvalue weighted by Crippen LogP contribution is -2.33. The standard InChI is InChI=1S/C21H26N2O3/c24-19-6-4-15(5-7-19)20(25)14-23-12-16-9-21(26,10-17(16)13-23)11-18-3-1-2-8-22-18/h1-8,16-17,20,24-26H,9-14H2/t16-,17+,20?,21+. The SMILES string of the molecule is Oc1ccc(C(O)CN2C[C@@H]3C[C@](O)(Cc4ccccn4)C[C@@H]3C2)cc1. The van der Waals surface area contributed by atoms with Gasteiger partial charge in [0, 0.05) is 37.9 Å². The maximum Gasteiger partial charge on any atom is 0.115 e. The first-order valence-corrected chi connectivity index (χ1v) is 9.32. The van der Waals surface area contributed by atoms with Crippen LogP contribution in [-0.2, 0) is 6.42 Å². The van der Waals surface area contributed by atoms with Crippen molar-refractivity contribution in [1.82, 2.24) is 9.88 Å². The molecule has 2 aromatic rings. The van der Waals surface area contributed by atoms with Crippen LogP contribution in [0.3, 0.4) is 0 Å². The first-order valence-electron chi connectivity index (χ1n) is 9.32. The summed E-state index contributed by atoms with van der Waals surface area (Å²) in [5.41, 5.74) is 1.13. The number of aromatic hydroxyl groups is 1. The number of rotatable bonds is 5. The number of phenols is 1. The van der Waals surface area contributed by atoms with Crippen molar-refractivity contribution < 1.29 is 15.3 Å². The van der Waals surface area contributed by atoms with Crippen molar-refractivity contribution >= 4 is 0 Å². The van der Waals surface area contributed by atoms with Crippen molar-refractivity contribution in [1.29, 1.82) is 0 Å². The van der Waals surface area contributed by atoms with Gasteiger partial charge in [0.2, 0.25) is 0 Å². The van der Waals surface area contributed by atoms with Gasteiger partial charge in [0.1, 0.15) is 5.75 Å². The van der Waals surface area contributed by atoms with Gasteiger partial charge < -0.3 is 15.3 Å². The van der Waals surface area contributed by atoms with E-state index in [0.717, 1.165) is 37.2 Å². The van der Waals surface area contributed by atoms with Gasteiger partial charge in [-0.2, -0.15) is 0 Å². The van der Waals surface area contributed by atoms with Crippen LogP contribution in [0.4, 0.5) is 0 Å². The van der Waals surface area contributed by atoms with Crippen molar-refractivity contribution in [2.45, 2.75) is 31.0 Å². The summed E-state index contributed by atoms with van der Waals surface area (Å²) >= 11 is 0. The number of hydrogen-bond donors (Lipinski definition) is 3. The molecule has 1 saturated heterocycles. The third-order valence-corrected chi connectivity index (χ3v) is 5.88. The number of β-amino-alcohol motifs (C(OH)–C–C–N with tert-alkyl or cyclic N) is 1. The molecule has 3 N–H and O–H groups in total. The van der Waals surface area contributed by atoms with E-state index in [1.165, 1.54) is 0 Å². The van der Waals surface area contributed by atoms with Gasteiger partial charge in [-0.15, -0.1) is 0 Å². The molecule has 2 aliphatic rings. The summed E-state index contributed by atoms with van der Waals surface area (Å²) in [5, 5.41) is 30.8. The lowest BCUT2D eigenvalue weighted by molar-refractivity contribution is 0.0320. The number of benzene rings is 1. The van der Waals surface area contributed by atoms with Crippen LogP contribution >= 0.6 is 0 Å². The first-order chi connectivity index (χ1) is 12.5. The molecule has 2 heterocycles. The van der Waals surface area contributed by atoms with Crippen molar-refractivity contribution in [3.05, 3.63) is 59.9 Å². The Bertz CT molecular complexity index is 721. The fraction of sp³-hybridized carbons (Fsp3) is 0.476. The second-order valence-electron chi connectivity index (χ2n) is 7.98. The molecule has 4 rings (SSSR count). The van der Waals surface area contributed by atoms with Crippen LogP contribution in [-0.4, -0.2) is 50.4 Å². The van der Waals surface area contributed by atoms with E-state index in [1.54, 1.807) is 30.5 Å². The van der Waals surface area contributed by atoms with E-state index in [9.17, 15) is 15.3 Å². The highest BCUT2D eigenvalue weighted by molar-refractivity contribution is 5.27. The molecular weight excluding hydrogens is 328 g/mol. The van der Waals surface area contributed by atoms with Crippen molar-refractivity contribution in [2.24, 2.45) is 11.8 Å². The third kappa shape index (κ3) is 3.75. The lowest BCUT2D eigenvalue weighted by atomic mass is 9.93. The quantitative estimate of drug-likeness (QED) is 0.767. The minimum atomic E-state index is -0.647. The molecule has 5 heteroatoms. The van der Waals surface area contributed by atoms with E-state index in [0.29, 0.717) is 24.8 Å². The Labute approximate surface area is 153 Å². The molecule has 1 aliphatic heterocycles.